The summed E-state index contributed by atoms with van der Waals surface area (Å²) in [5, 5.41) is 11.4. The van der Waals surface area contributed by atoms with E-state index in [1.165, 1.54) is 28.5 Å². The number of benzene rings is 3. The van der Waals surface area contributed by atoms with Gasteiger partial charge in [0.1, 0.15) is 5.82 Å². The van der Waals surface area contributed by atoms with Crippen molar-refractivity contribution in [1.82, 2.24) is 10.2 Å². The smallest absolute Gasteiger partial charge is 0.175 e. The Labute approximate surface area is 170 Å². The molecule has 4 rings (SSSR count). The zero-order valence-electron chi connectivity index (χ0n) is 14.6. The molecular weight excluding hydrogens is 395 g/mol. The normalized spacial score (nSPS) is 12.4. The minimum Gasteiger partial charge on any atom is -0.207 e. The lowest BCUT2D eigenvalue weighted by molar-refractivity contribution is 0.627. The third kappa shape index (κ3) is 4.51. The average molecular weight is 413 g/mol. The molecule has 4 aromatic rings. The molecule has 2 nitrogen and oxygen atoms in total. The van der Waals surface area contributed by atoms with Crippen LogP contribution in [-0.4, -0.2) is 10.2 Å². The molecule has 0 bridgehead atoms. The Kier molecular flexibility index (Phi) is 5.76. The van der Waals surface area contributed by atoms with Crippen LogP contribution in [0.1, 0.15) is 23.3 Å². The highest BCUT2D eigenvalue weighted by molar-refractivity contribution is 8.03. The summed E-state index contributed by atoms with van der Waals surface area (Å²) in [6.45, 7) is 2.10. The molecule has 0 saturated carbocycles. The van der Waals surface area contributed by atoms with Crippen molar-refractivity contribution < 1.29 is 4.39 Å². The van der Waals surface area contributed by atoms with E-state index >= 15 is 0 Å². The van der Waals surface area contributed by atoms with Crippen LogP contribution in [0.3, 0.4) is 0 Å². The summed E-state index contributed by atoms with van der Waals surface area (Å²) in [6, 6.07) is 21.5. The van der Waals surface area contributed by atoms with Crippen molar-refractivity contribution in [2.45, 2.75) is 26.6 Å². The fourth-order valence-electron chi connectivity index (χ4n) is 2.81. The highest BCUT2D eigenvalue weighted by Crippen LogP contribution is 2.39. The first kappa shape index (κ1) is 18.5. The lowest BCUT2D eigenvalue weighted by atomic mass is 10.1. The maximum Gasteiger partial charge on any atom is 0.175 e. The minimum atomic E-state index is -0.209. The fraction of sp³-hybridized carbons (Fsp3) is 0.143. The SMILES string of the molecule is C[C@@H](Sc1nnc(SCc2cccc3ccccc23)s1)c1ccc(F)cc1. The standard InChI is InChI=1S/C21H17FN2S3/c1-14(15-9-11-18(22)12-10-15)26-21-24-23-20(27-21)25-13-17-7-4-6-16-5-2-3-8-19(16)17/h2-12,14H,13H2,1H3/t14-/m1/s1. The number of thioether (sulfide) groups is 2. The molecule has 136 valence electrons. The van der Waals surface area contributed by atoms with Crippen LogP contribution in [0.15, 0.2) is 75.4 Å². The summed E-state index contributed by atoms with van der Waals surface area (Å²) < 4.78 is 15.0. The molecule has 6 heteroatoms. The molecule has 0 spiro atoms. The van der Waals surface area contributed by atoms with E-state index in [1.807, 2.05) is 12.1 Å². The third-order valence-corrected chi connectivity index (χ3v) is 7.58. The summed E-state index contributed by atoms with van der Waals surface area (Å²) in [5.41, 5.74) is 2.39. The first-order chi connectivity index (χ1) is 13.2. The Morgan fingerprint density at radius 1 is 0.926 bits per heavy atom. The molecule has 27 heavy (non-hydrogen) atoms. The topological polar surface area (TPSA) is 25.8 Å². The van der Waals surface area contributed by atoms with Gasteiger partial charge >= 0.3 is 0 Å². The van der Waals surface area contributed by atoms with Gasteiger partial charge in [-0.1, -0.05) is 89.5 Å². The van der Waals surface area contributed by atoms with Gasteiger partial charge in [0.05, 0.1) is 0 Å². The van der Waals surface area contributed by atoms with Crippen LogP contribution in [0, 0.1) is 5.82 Å². The second-order valence-electron chi connectivity index (χ2n) is 6.07. The van der Waals surface area contributed by atoms with Crippen LogP contribution in [0.2, 0.25) is 0 Å². The first-order valence-corrected chi connectivity index (χ1v) is 11.2. The van der Waals surface area contributed by atoms with Gasteiger partial charge in [-0.15, -0.1) is 10.2 Å². The van der Waals surface area contributed by atoms with Gasteiger partial charge < -0.3 is 0 Å². The van der Waals surface area contributed by atoms with Gasteiger partial charge in [0.25, 0.3) is 0 Å². The lowest BCUT2D eigenvalue weighted by Crippen LogP contribution is -1.88. The second-order valence-corrected chi connectivity index (χ2v) is 9.86. The molecule has 0 unspecified atom stereocenters. The van der Waals surface area contributed by atoms with Gasteiger partial charge in [-0.2, -0.15) is 0 Å². The van der Waals surface area contributed by atoms with Crippen LogP contribution in [0.5, 0.6) is 0 Å². The van der Waals surface area contributed by atoms with E-state index < -0.39 is 0 Å². The molecule has 0 fully saturated rings. The number of rotatable bonds is 6. The van der Waals surface area contributed by atoms with Crippen molar-refractivity contribution >= 4 is 45.6 Å². The molecular formula is C21H17FN2S3. The Morgan fingerprint density at radius 3 is 2.52 bits per heavy atom. The fourth-order valence-corrected chi connectivity index (χ4v) is 6.11. The summed E-state index contributed by atoms with van der Waals surface area (Å²) >= 11 is 4.99. The van der Waals surface area contributed by atoms with Crippen molar-refractivity contribution in [2.75, 3.05) is 0 Å². The Bertz CT molecular complexity index is 1040. The van der Waals surface area contributed by atoms with Crippen molar-refractivity contribution in [1.29, 1.82) is 0 Å². The molecule has 1 aromatic heterocycles. The van der Waals surface area contributed by atoms with Gasteiger partial charge in [0.15, 0.2) is 8.68 Å². The molecule has 0 saturated heterocycles. The van der Waals surface area contributed by atoms with E-state index in [9.17, 15) is 4.39 Å². The molecule has 0 N–H and O–H groups in total. The largest absolute Gasteiger partial charge is 0.207 e. The number of fused-ring (bicyclic) bond motifs is 1. The highest BCUT2D eigenvalue weighted by Gasteiger charge is 2.13. The molecule has 0 aliphatic heterocycles. The molecule has 0 aliphatic carbocycles. The third-order valence-electron chi connectivity index (χ3n) is 4.24. The van der Waals surface area contributed by atoms with Crippen molar-refractivity contribution in [3.63, 3.8) is 0 Å². The molecule has 0 radical (unpaired) electrons. The van der Waals surface area contributed by atoms with Crippen LogP contribution >= 0.6 is 34.9 Å². The molecule has 0 aliphatic rings. The monoisotopic (exact) mass is 412 g/mol. The zero-order valence-corrected chi connectivity index (χ0v) is 17.1. The van der Waals surface area contributed by atoms with Gasteiger partial charge in [0, 0.05) is 11.0 Å². The van der Waals surface area contributed by atoms with Crippen LogP contribution in [0.4, 0.5) is 4.39 Å². The zero-order chi connectivity index (χ0) is 18.6. The maximum atomic E-state index is 13.1. The van der Waals surface area contributed by atoms with Gasteiger partial charge in [0.2, 0.25) is 0 Å². The average Bonchev–Trinajstić information content (AvgIpc) is 3.14. The minimum absolute atomic E-state index is 0.203. The molecule has 1 atom stereocenters. The number of aromatic nitrogens is 2. The molecule has 3 aromatic carbocycles. The Hall–Kier alpha value is -1.89. The van der Waals surface area contributed by atoms with Crippen molar-refractivity contribution in [2.24, 2.45) is 0 Å². The highest BCUT2D eigenvalue weighted by atomic mass is 32.2. The van der Waals surface area contributed by atoms with E-state index in [0.29, 0.717) is 0 Å². The Balaban J connectivity index is 1.41. The van der Waals surface area contributed by atoms with Crippen LogP contribution < -0.4 is 0 Å². The second kappa shape index (κ2) is 8.42. The summed E-state index contributed by atoms with van der Waals surface area (Å²) in [4.78, 5) is 0. The van der Waals surface area contributed by atoms with E-state index in [0.717, 1.165) is 20.0 Å². The van der Waals surface area contributed by atoms with Gasteiger partial charge in [-0.05, 0) is 41.0 Å². The van der Waals surface area contributed by atoms with Crippen molar-refractivity contribution in [3.8, 4) is 0 Å². The molecule has 1 heterocycles. The number of hydrogen-bond donors (Lipinski definition) is 0. The lowest BCUT2D eigenvalue weighted by Gasteiger charge is -2.08. The summed E-state index contributed by atoms with van der Waals surface area (Å²) in [5.74, 6) is 0.660. The number of hydrogen-bond acceptors (Lipinski definition) is 5. The van der Waals surface area contributed by atoms with Gasteiger partial charge in [-0.25, -0.2) is 4.39 Å². The maximum absolute atomic E-state index is 13.1. The van der Waals surface area contributed by atoms with E-state index in [-0.39, 0.29) is 11.1 Å². The van der Waals surface area contributed by atoms with Crippen LogP contribution in [0.25, 0.3) is 10.8 Å². The predicted octanol–water partition coefficient (Wildman–Crippen LogP) is 6.98. The van der Waals surface area contributed by atoms with E-state index in [4.69, 9.17) is 0 Å². The van der Waals surface area contributed by atoms with Gasteiger partial charge in [-0.3, -0.25) is 0 Å². The quantitative estimate of drug-likeness (QED) is 0.319. The van der Waals surface area contributed by atoms with E-state index in [2.05, 4.69) is 59.6 Å². The number of nitrogens with zero attached hydrogens (tertiary/aromatic N) is 2. The summed E-state index contributed by atoms with van der Waals surface area (Å²) in [6.07, 6.45) is 0. The van der Waals surface area contributed by atoms with Crippen molar-refractivity contribution in [3.05, 3.63) is 83.7 Å². The van der Waals surface area contributed by atoms with Crippen LogP contribution in [-0.2, 0) is 5.75 Å². The number of halogens is 1. The molecule has 0 amide bonds. The first-order valence-electron chi connectivity index (χ1n) is 8.54. The van der Waals surface area contributed by atoms with E-state index in [1.54, 1.807) is 34.9 Å². The Morgan fingerprint density at radius 2 is 1.67 bits per heavy atom. The summed E-state index contributed by atoms with van der Waals surface area (Å²) in [7, 11) is 0. The predicted molar refractivity (Wildman–Crippen MR) is 114 cm³/mol.